The highest BCUT2D eigenvalue weighted by Gasteiger charge is 2.52. The first-order valence-electron chi connectivity index (χ1n) is 5.72. The van der Waals surface area contributed by atoms with Crippen molar-refractivity contribution in [1.29, 1.82) is 0 Å². The lowest BCUT2D eigenvalue weighted by atomic mass is 9.94. The standard InChI is InChI=1S/C13H16BrNO2/c1-15(8-9-16)12(17)13(6-7-13)10-2-4-11(14)5-3-10/h2-5,16H,6-9H2,1H3. The van der Waals surface area contributed by atoms with E-state index in [0.29, 0.717) is 6.54 Å². The molecule has 2 rings (SSSR count). The average molecular weight is 298 g/mol. The van der Waals surface area contributed by atoms with E-state index in [4.69, 9.17) is 5.11 Å². The van der Waals surface area contributed by atoms with E-state index in [1.165, 1.54) is 0 Å². The van der Waals surface area contributed by atoms with E-state index < -0.39 is 0 Å². The van der Waals surface area contributed by atoms with Crippen LogP contribution in [0.4, 0.5) is 0 Å². The predicted octanol–water partition coefficient (Wildman–Crippen LogP) is 1.93. The van der Waals surface area contributed by atoms with E-state index in [0.717, 1.165) is 22.9 Å². The number of likely N-dealkylation sites (N-methyl/N-ethyl adjacent to an activating group) is 1. The SMILES string of the molecule is CN(CCO)C(=O)C1(c2ccc(Br)cc2)CC1. The Morgan fingerprint density at radius 2 is 2.00 bits per heavy atom. The number of hydrogen-bond acceptors (Lipinski definition) is 2. The maximum Gasteiger partial charge on any atom is 0.233 e. The van der Waals surface area contributed by atoms with Crippen LogP contribution in [0, 0.1) is 0 Å². The third-order valence-electron chi connectivity index (χ3n) is 3.34. The molecule has 0 radical (unpaired) electrons. The Labute approximate surface area is 110 Å². The summed E-state index contributed by atoms with van der Waals surface area (Å²) in [7, 11) is 1.75. The number of aliphatic hydroxyl groups is 1. The van der Waals surface area contributed by atoms with Crippen molar-refractivity contribution in [3.05, 3.63) is 34.3 Å². The van der Waals surface area contributed by atoms with Gasteiger partial charge in [-0.3, -0.25) is 4.79 Å². The van der Waals surface area contributed by atoms with Gasteiger partial charge in [0.2, 0.25) is 5.91 Å². The van der Waals surface area contributed by atoms with Gasteiger partial charge in [-0.2, -0.15) is 0 Å². The number of rotatable bonds is 4. The molecular formula is C13H16BrNO2. The predicted molar refractivity (Wildman–Crippen MR) is 69.8 cm³/mol. The maximum atomic E-state index is 12.3. The van der Waals surface area contributed by atoms with Gasteiger partial charge in [0.25, 0.3) is 0 Å². The third-order valence-corrected chi connectivity index (χ3v) is 3.87. The number of benzene rings is 1. The van der Waals surface area contributed by atoms with Gasteiger partial charge in [0, 0.05) is 18.1 Å². The molecule has 0 heterocycles. The molecule has 1 saturated carbocycles. The number of aliphatic hydroxyl groups excluding tert-OH is 1. The average Bonchev–Trinajstić information content (AvgIpc) is 3.10. The molecule has 1 aromatic carbocycles. The Balaban J connectivity index is 2.19. The molecule has 1 amide bonds. The second kappa shape index (κ2) is 4.78. The van der Waals surface area contributed by atoms with Crippen LogP contribution in [0.1, 0.15) is 18.4 Å². The fraction of sp³-hybridized carbons (Fsp3) is 0.462. The molecule has 0 bridgehead atoms. The molecule has 92 valence electrons. The number of halogens is 1. The van der Waals surface area contributed by atoms with E-state index in [2.05, 4.69) is 15.9 Å². The van der Waals surface area contributed by atoms with Crippen molar-refractivity contribution in [1.82, 2.24) is 4.90 Å². The number of nitrogens with zero attached hydrogens (tertiary/aromatic N) is 1. The highest BCUT2D eigenvalue weighted by atomic mass is 79.9. The molecule has 1 aliphatic carbocycles. The zero-order valence-corrected chi connectivity index (χ0v) is 11.4. The monoisotopic (exact) mass is 297 g/mol. The quantitative estimate of drug-likeness (QED) is 0.923. The molecule has 1 fully saturated rings. The van der Waals surface area contributed by atoms with Crippen molar-refractivity contribution in [3.8, 4) is 0 Å². The Kier molecular flexibility index (Phi) is 3.54. The summed E-state index contributed by atoms with van der Waals surface area (Å²) in [6.07, 6.45) is 1.81. The normalized spacial score (nSPS) is 16.6. The van der Waals surface area contributed by atoms with Crippen LogP contribution in [0.3, 0.4) is 0 Å². The topological polar surface area (TPSA) is 40.5 Å². The second-order valence-corrected chi connectivity index (χ2v) is 5.45. The zero-order chi connectivity index (χ0) is 12.5. The second-order valence-electron chi connectivity index (χ2n) is 4.54. The number of amides is 1. The summed E-state index contributed by atoms with van der Waals surface area (Å²) in [6, 6.07) is 7.94. The Morgan fingerprint density at radius 3 is 2.47 bits per heavy atom. The lowest BCUT2D eigenvalue weighted by Crippen LogP contribution is -2.38. The minimum Gasteiger partial charge on any atom is -0.395 e. The van der Waals surface area contributed by atoms with E-state index in [1.807, 2.05) is 24.3 Å². The van der Waals surface area contributed by atoms with Crippen LogP contribution >= 0.6 is 15.9 Å². The van der Waals surface area contributed by atoms with Crippen molar-refractivity contribution in [2.45, 2.75) is 18.3 Å². The molecule has 0 aliphatic heterocycles. The number of carbonyl (C=O) groups excluding carboxylic acids is 1. The summed E-state index contributed by atoms with van der Waals surface area (Å²) in [5, 5.41) is 8.88. The van der Waals surface area contributed by atoms with Gasteiger partial charge in [-0.15, -0.1) is 0 Å². The molecule has 17 heavy (non-hydrogen) atoms. The van der Waals surface area contributed by atoms with Crippen LogP contribution < -0.4 is 0 Å². The number of hydrogen-bond donors (Lipinski definition) is 1. The smallest absolute Gasteiger partial charge is 0.233 e. The van der Waals surface area contributed by atoms with E-state index in [1.54, 1.807) is 11.9 Å². The van der Waals surface area contributed by atoms with Crippen LogP contribution in [0.5, 0.6) is 0 Å². The Morgan fingerprint density at radius 1 is 1.41 bits per heavy atom. The summed E-state index contributed by atoms with van der Waals surface area (Å²) in [5.41, 5.74) is 0.750. The van der Waals surface area contributed by atoms with Crippen LogP contribution in [0.25, 0.3) is 0 Å². The Bertz CT molecular complexity index is 412. The molecular weight excluding hydrogens is 282 g/mol. The fourth-order valence-corrected chi connectivity index (χ4v) is 2.40. The highest BCUT2D eigenvalue weighted by Crippen LogP contribution is 2.49. The highest BCUT2D eigenvalue weighted by molar-refractivity contribution is 9.10. The fourth-order valence-electron chi connectivity index (χ4n) is 2.14. The molecule has 4 heteroatoms. The lowest BCUT2D eigenvalue weighted by Gasteiger charge is -2.23. The van der Waals surface area contributed by atoms with Crippen molar-refractivity contribution in [2.24, 2.45) is 0 Å². The van der Waals surface area contributed by atoms with Crippen molar-refractivity contribution in [3.63, 3.8) is 0 Å². The molecule has 1 aliphatic rings. The summed E-state index contributed by atoms with van der Waals surface area (Å²) in [5.74, 6) is 0.119. The van der Waals surface area contributed by atoms with Crippen LogP contribution in [-0.2, 0) is 10.2 Å². The van der Waals surface area contributed by atoms with E-state index in [-0.39, 0.29) is 17.9 Å². The first-order valence-corrected chi connectivity index (χ1v) is 6.52. The van der Waals surface area contributed by atoms with Gasteiger partial charge in [-0.05, 0) is 30.5 Å². The van der Waals surface area contributed by atoms with Crippen LogP contribution in [0.15, 0.2) is 28.7 Å². The van der Waals surface area contributed by atoms with Crippen LogP contribution in [0.2, 0.25) is 0 Å². The van der Waals surface area contributed by atoms with Gasteiger partial charge >= 0.3 is 0 Å². The molecule has 1 N–H and O–H groups in total. The minimum absolute atomic E-state index is 0.0126. The third kappa shape index (κ3) is 2.38. The Hall–Kier alpha value is -0.870. The lowest BCUT2D eigenvalue weighted by molar-refractivity contribution is -0.133. The molecule has 0 unspecified atom stereocenters. The largest absolute Gasteiger partial charge is 0.395 e. The van der Waals surface area contributed by atoms with E-state index >= 15 is 0 Å². The summed E-state index contributed by atoms with van der Waals surface area (Å²) >= 11 is 3.40. The van der Waals surface area contributed by atoms with E-state index in [9.17, 15) is 4.79 Å². The first kappa shape index (κ1) is 12.6. The van der Waals surface area contributed by atoms with Crippen molar-refractivity contribution >= 4 is 21.8 Å². The molecule has 0 saturated heterocycles. The van der Waals surface area contributed by atoms with Crippen molar-refractivity contribution in [2.75, 3.05) is 20.2 Å². The number of carbonyl (C=O) groups is 1. The van der Waals surface area contributed by atoms with Gasteiger partial charge in [-0.25, -0.2) is 0 Å². The van der Waals surface area contributed by atoms with Crippen LogP contribution in [-0.4, -0.2) is 36.1 Å². The summed E-state index contributed by atoms with van der Waals surface area (Å²) < 4.78 is 1.02. The molecule has 0 atom stereocenters. The maximum absolute atomic E-state index is 12.3. The van der Waals surface area contributed by atoms with Gasteiger partial charge in [0.15, 0.2) is 0 Å². The van der Waals surface area contributed by atoms with Gasteiger partial charge in [-0.1, -0.05) is 28.1 Å². The van der Waals surface area contributed by atoms with Gasteiger partial charge in [0.1, 0.15) is 0 Å². The molecule has 0 aromatic heterocycles. The summed E-state index contributed by atoms with van der Waals surface area (Å²) in [4.78, 5) is 13.9. The van der Waals surface area contributed by atoms with Crippen molar-refractivity contribution < 1.29 is 9.90 Å². The van der Waals surface area contributed by atoms with Gasteiger partial charge < -0.3 is 10.0 Å². The first-order chi connectivity index (χ1) is 8.10. The minimum atomic E-state index is -0.329. The molecule has 3 nitrogen and oxygen atoms in total. The molecule has 0 spiro atoms. The van der Waals surface area contributed by atoms with Gasteiger partial charge in [0.05, 0.1) is 12.0 Å². The molecule has 1 aromatic rings. The zero-order valence-electron chi connectivity index (χ0n) is 9.82. The summed E-state index contributed by atoms with van der Waals surface area (Å²) in [6.45, 7) is 0.412.